The summed E-state index contributed by atoms with van der Waals surface area (Å²) in [4.78, 5) is 17.3. The number of aromatic nitrogens is 1. The molecule has 2 heterocycles. The minimum atomic E-state index is -0.917. The van der Waals surface area contributed by atoms with Gasteiger partial charge in [-0.05, 0) is 26.3 Å². The van der Waals surface area contributed by atoms with Crippen molar-refractivity contribution in [1.29, 1.82) is 0 Å². The molecule has 17 heavy (non-hydrogen) atoms. The summed E-state index contributed by atoms with van der Waals surface area (Å²) in [5.74, 6) is -0.917. The predicted molar refractivity (Wildman–Crippen MR) is 66.5 cm³/mol. The number of carboxylic acid groups (broad SMARTS) is 1. The number of carboxylic acids is 1. The molecule has 1 aromatic heterocycles. The van der Waals surface area contributed by atoms with Crippen LogP contribution in [-0.4, -0.2) is 29.1 Å². The molecule has 0 fully saturated rings. The highest BCUT2D eigenvalue weighted by Gasteiger charge is 2.18. The van der Waals surface area contributed by atoms with Crippen LogP contribution in [0.4, 0.5) is 5.69 Å². The zero-order valence-electron chi connectivity index (χ0n) is 10.1. The van der Waals surface area contributed by atoms with Gasteiger partial charge in [0.25, 0.3) is 0 Å². The van der Waals surface area contributed by atoms with Crippen LogP contribution in [0.25, 0.3) is 0 Å². The van der Waals surface area contributed by atoms with Crippen LogP contribution in [0.3, 0.4) is 0 Å². The molecule has 4 heteroatoms. The van der Waals surface area contributed by atoms with Crippen LogP contribution in [0.1, 0.15) is 29.4 Å². The lowest BCUT2D eigenvalue weighted by Gasteiger charge is -2.29. The summed E-state index contributed by atoms with van der Waals surface area (Å²) >= 11 is 0. The summed E-state index contributed by atoms with van der Waals surface area (Å²) in [6.07, 6.45) is 4.61. The van der Waals surface area contributed by atoms with Crippen molar-refractivity contribution in [3.8, 4) is 0 Å². The number of pyridine rings is 1. The summed E-state index contributed by atoms with van der Waals surface area (Å²) in [5, 5.41) is 9.17. The van der Waals surface area contributed by atoms with E-state index in [2.05, 4.69) is 22.9 Å². The molecule has 1 aromatic rings. The molecule has 4 nitrogen and oxygen atoms in total. The Hall–Kier alpha value is -1.84. The number of hydrogen-bond acceptors (Lipinski definition) is 3. The number of anilines is 1. The Balaban J connectivity index is 2.39. The molecule has 1 N–H and O–H groups in total. The Morgan fingerprint density at radius 3 is 2.88 bits per heavy atom. The van der Waals surface area contributed by atoms with E-state index in [1.807, 2.05) is 13.0 Å². The third-order valence-corrected chi connectivity index (χ3v) is 2.92. The lowest BCUT2D eigenvalue weighted by molar-refractivity contribution is 0.0697. The highest BCUT2D eigenvalue weighted by atomic mass is 16.4. The van der Waals surface area contributed by atoms with Gasteiger partial charge in [-0.25, -0.2) is 4.79 Å². The van der Waals surface area contributed by atoms with Gasteiger partial charge in [-0.15, -0.1) is 0 Å². The quantitative estimate of drug-likeness (QED) is 0.794. The molecular weight excluding hydrogens is 216 g/mol. The number of carbonyl (C=O) groups is 1. The highest BCUT2D eigenvalue weighted by molar-refractivity contribution is 5.94. The van der Waals surface area contributed by atoms with E-state index < -0.39 is 5.97 Å². The van der Waals surface area contributed by atoms with Crippen LogP contribution in [0.15, 0.2) is 23.9 Å². The van der Waals surface area contributed by atoms with E-state index in [1.165, 1.54) is 11.8 Å². The molecule has 0 spiro atoms. The zero-order valence-corrected chi connectivity index (χ0v) is 10.1. The van der Waals surface area contributed by atoms with Crippen molar-refractivity contribution in [1.82, 2.24) is 4.98 Å². The largest absolute Gasteiger partial charge is 0.478 e. The van der Waals surface area contributed by atoms with Gasteiger partial charge in [0.1, 0.15) is 5.56 Å². The molecule has 0 unspecified atom stereocenters. The Bertz CT molecular complexity index is 480. The van der Waals surface area contributed by atoms with Crippen molar-refractivity contribution in [3.05, 3.63) is 35.2 Å². The van der Waals surface area contributed by atoms with Crippen LogP contribution in [0, 0.1) is 6.92 Å². The van der Waals surface area contributed by atoms with Crippen LogP contribution < -0.4 is 4.90 Å². The Labute approximate surface area is 101 Å². The SMILES string of the molecule is CC1=CCCN(c2cc(C)ncc2C(=O)O)C1. The summed E-state index contributed by atoms with van der Waals surface area (Å²) < 4.78 is 0. The van der Waals surface area contributed by atoms with E-state index in [0.717, 1.165) is 30.9 Å². The molecule has 1 aliphatic heterocycles. The van der Waals surface area contributed by atoms with Crippen molar-refractivity contribution in [2.45, 2.75) is 20.3 Å². The molecule has 2 rings (SSSR count). The van der Waals surface area contributed by atoms with Crippen molar-refractivity contribution < 1.29 is 9.90 Å². The molecule has 0 atom stereocenters. The van der Waals surface area contributed by atoms with E-state index in [-0.39, 0.29) is 5.56 Å². The normalized spacial score (nSPS) is 15.6. The van der Waals surface area contributed by atoms with E-state index in [4.69, 9.17) is 0 Å². The molecule has 0 bridgehead atoms. The van der Waals surface area contributed by atoms with Gasteiger partial charge >= 0.3 is 5.97 Å². The van der Waals surface area contributed by atoms with Gasteiger partial charge in [0, 0.05) is 25.0 Å². The number of hydrogen-bond donors (Lipinski definition) is 1. The molecule has 0 radical (unpaired) electrons. The average molecular weight is 232 g/mol. The van der Waals surface area contributed by atoms with Crippen molar-refractivity contribution >= 4 is 11.7 Å². The summed E-state index contributed by atoms with van der Waals surface area (Å²) in [5.41, 5.74) is 3.18. The van der Waals surface area contributed by atoms with E-state index in [9.17, 15) is 9.90 Å². The number of aromatic carboxylic acids is 1. The number of aryl methyl sites for hydroxylation is 1. The molecule has 1 aliphatic rings. The fourth-order valence-corrected chi connectivity index (χ4v) is 2.09. The van der Waals surface area contributed by atoms with E-state index in [0.29, 0.717) is 0 Å². The second kappa shape index (κ2) is 4.57. The van der Waals surface area contributed by atoms with Gasteiger partial charge in [0.2, 0.25) is 0 Å². The smallest absolute Gasteiger partial charge is 0.339 e. The maximum atomic E-state index is 11.2. The molecular formula is C13H16N2O2. The second-order valence-electron chi connectivity index (χ2n) is 4.41. The van der Waals surface area contributed by atoms with Crippen LogP contribution in [0.2, 0.25) is 0 Å². The van der Waals surface area contributed by atoms with Gasteiger partial charge in [-0.3, -0.25) is 4.98 Å². The van der Waals surface area contributed by atoms with Gasteiger partial charge in [-0.1, -0.05) is 11.6 Å². The maximum absolute atomic E-state index is 11.2. The molecule has 0 aromatic carbocycles. The Morgan fingerprint density at radius 2 is 2.24 bits per heavy atom. The molecule has 0 aliphatic carbocycles. The van der Waals surface area contributed by atoms with Gasteiger partial charge < -0.3 is 10.0 Å². The first-order valence-electron chi connectivity index (χ1n) is 5.68. The second-order valence-corrected chi connectivity index (χ2v) is 4.41. The molecule has 90 valence electrons. The average Bonchev–Trinajstić information content (AvgIpc) is 2.28. The monoisotopic (exact) mass is 232 g/mol. The molecule has 0 amide bonds. The number of rotatable bonds is 2. The minimum Gasteiger partial charge on any atom is -0.478 e. The Morgan fingerprint density at radius 1 is 1.47 bits per heavy atom. The van der Waals surface area contributed by atoms with Gasteiger partial charge in [0.05, 0.1) is 5.69 Å². The predicted octanol–water partition coefficient (Wildman–Crippen LogP) is 2.24. The summed E-state index contributed by atoms with van der Waals surface area (Å²) in [7, 11) is 0. The fraction of sp³-hybridized carbons (Fsp3) is 0.385. The van der Waals surface area contributed by atoms with E-state index >= 15 is 0 Å². The summed E-state index contributed by atoms with van der Waals surface area (Å²) in [6, 6.07) is 1.85. The molecule has 0 saturated heterocycles. The third kappa shape index (κ3) is 2.46. The first kappa shape index (κ1) is 11.6. The van der Waals surface area contributed by atoms with Gasteiger partial charge in [0.15, 0.2) is 0 Å². The first-order chi connectivity index (χ1) is 8.08. The third-order valence-electron chi connectivity index (χ3n) is 2.92. The zero-order chi connectivity index (χ0) is 12.4. The van der Waals surface area contributed by atoms with Crippen LogP contribution in [0.5, 0.6) is 0 Å². The first-order valence-corrected chi connectivity index (χ1v) is 5.68. The standard InChI is InChI=1S/C13H16N2O2/c1-9-4-3-5-15(8-9)12-6-10(2)14-7-11(12)13(16)17/h4,6-7H,3,5,8H2,1-2H3,(H,16,17). The van der Waals surface area contributed by atoms with Crippen LogP contribution >= 0.6 is 0 Å². The highest BCUT2D eigenvalue weighted by Crippen LogP contribution is 2.24. The molecule has 0 saturated carbocycles. The summed E-state index contributed by atoms with van der Waals surface area (Å²) in [6.45, 7) is 5.60. The Kier molecular flexibility index (Phi) is 3.13. The van der Waals surface area contributed by atoms with Crippen LogP contribution in [-0.2, 0) is 0 Å². The van der Waals surface area contributed by atoms with Gasteiger partial charge in [-0.2, -0.15) is 0 Å². The fourth-order valence-electron chi connectivity index (χ4n) is 2.09. The minimum absolute atomic E-state index is 0.283. The topological polar surface area (TPSA) is 53.4 Å². The maximum Gasteiger partial charge on any atom is 0.339 e. The lowest BCUT2D eigenvalue weighted by atomic mass is 10.1. The van der Waals surface area contributed by atoms with Crippen molar-refractivity contribution in [3.63, 3.8) is 0 Å². The van der Waals surface area contributed by atoms with Crippen molar-refractivity contribution in [2.75, 3.05) is 18.0 Å². The van der Waals surface area contributed by atoms with E-state index in [1.54, 1.807) is 0 Å². The lowest BCUT2D eigenvalue weighted by Crippen LogP contribution is -2.30. The number of nitrogens with zero attached hydrogens (tertiary/aromatic N) is 2. The van der Waals surface area contributed by atoms with Crippen molar-refractivity contribution in [2.24, 2.45) is 0 Å².